The first-order valence-corrected chi connectivity index (χ1v) is 11.6. The number of aliphatic hydroxyl groups excluding tert-OH is 1. The molecule has 2 rings (SSSR count). The predicted octanol–water partition coefficient (Wildman–Crippen LogP) is 4.09. The number of amides is 2. The van der Waals surface area contributed by atoms with E-state index in [4.69, 9.17) is 4.74 Å². The third-order valence-corrected chi connectivity index (χ3v) is 5.21. The molecule has 2 aromatic carbocycles. The number of alkyl carbamates (subject to hydrolysis) is 1. The van der Waals surface area contributed by atoms with Crippen molar-refractivity contribution in [1.29, 1.82) is 0 Å². The molecule has 0 aliphatic carbocycles. The first-order valence-electron chi connectivity index (χ1n) is 10.8. The number of nitrogens with one attached hydrogen (secondary N) is 2. The van der Waals surface area contributed by atoms with Crippen molar-refractivity contribution in [2.75, 3.05) is 0 Å². The third-order valence-electron chi connectivity index (χ3n) is 4.68. The van der Waals surface area contributed by atoms with E-state index in [0.717, 1.165) is 22.7 Å². The van der Waals surface area contributed by atoms with Crippen LogP contribution < -0.4 is 15.4 Å². The number of carboxylic acid groups (broad SMARTS) is 1. The van der Waals surface area contributed by atoms with Crippen molar-refractivity contribution in [2.24, 2.45) is 0 Å². The van der Waals surface area contributed by atoms with Crippen molar-refractivity contribution in [1.82, 2.24) is 10.6 Å². The van der Waals surface area contributed by atoms with Gasteiger partial charge in [-0.15, -0.1) is 13.2 Å². The summed E-state index contributed by atoms with van der Waals surface area (Å²) in [6, 6.07) is 7.78. The summed E-state index contributed by atoms with van der Waals surface area (Å²) in [5.74, 6) is -3.48. The lowest BCUT2D eigenvalue weighted by Gasteiger charge is -2.27. The SMILES string of the molecule is CC(C)(C)OC(=O)N[C@H](Cc1ccc(Br)cc1)[C@H](O)C(=O)N[C@@H](C(=O)O)c1cccc(OC(F)(F)F)c1. The van der Waals surface area contributed by atoms with E-state index in [1.807, 2.05) is 0 Å². The first-order chi connectivity index (χ1) is 17.0. The summed E-state index contributed by atoms with van der Waals surface area (Å²) in [7, 11) is 0. The Morgan fingerprint density at radius 2 is 1.65 bits per heavy atom. The zero-order valence-electron chi connectivity index (χ0n) is 20.0. The number of carbonyl (C=O) groups is 3. The van der Waals surface area contributed by atoms with E-state index in [-0.39, 0.29) is 12.0 Å². The molecule has 4 N–H and O–H groups in total. The molecule has 37 heavy (non-hydrogen) atoms. The van der Waals surface area contributed by atoms with Crippen molar-refractivity contribution in [3.05, 3.63) is 64.1 Å². The topological polar surface area (TPSA) is 134 Å². The molecule has 0 aliphatic rings. The molecule has 0 radical (unpaired) electrons. The maximum Gasteiger partial charge on any atom is 0.573 e. The molecule has 0 saturated carbocycles. The zero-order chi connectivity index (χ0) is 28.0. The van der Waals surface area contributed by atoms with Crippen LogP contribution in [0.5, 0.6) is 5.75 Å². The van der Waals surface area contributed by atoms with Gasteiger partial charge in [0, 0.05) is 4.47 Å². The van der Waals surface area contributed by atoms with Gasteiger partial charge in [0.15, 0.2) is 12.1 Å². The largest absolute Gasteiger partial charge is 0.573 e. The van der Waals surface area contributed by atoms with E-state index in [2.05, 4.69) is 31.3 Å². The summed E-state index contributed by atoms with van der Waals surface area (Å²) in [6.45, 7) is 4.86. The van der Waals surface area contributed by atoms with Gasteiger partial charge in [0.25, 0.3) is 5.91 Å². The second-order valence-corrected chi connectivity index (χ2v) is 9.84. The van der Waals surface area contributed by atoms with Crippen molar-refractivity contribution in [3.63, 3.8) is 0 Å². The minimum absolute atomic E-state index is 0.0340. The standard InChI is InChI=1S/C24H26BrF3N2O7/c1-23(2,3)37-22(35)29-17(11-13-7-9-15(25)10-8-13)19(31)20(32)30-18(21(33)34)14-5-4-6-16(12-14)36-24(26,27)28/h4-10,12,17-19,31H,11H2,1-3H3,(H,29,35)(H,30,32)(H,33,34)/t17-,18-,19+/m1/s1. The van der Waals surface area contributed by atoms with Gasteiger partial charge in [0.05, 0.1) is 6.04 Å². The number of ether oxygens (including phenoxy) is 2. The molecular weight excluding hydrogens is 565 g/mol. The molecule has 0 heterocycles. The fourth-order valence-corrected chi connectivity index (χ4v) is 3.43. The molecule has 3 atom stereocenters. The maximum atomic E-state index is 12.9. The Balaban J connectivity index is 2.26. The molecule has 13 heteroatoms. The fraction of sp³-hybridized carbons (Fsp3) is 0.375. The summed E-state index contributed by atoms with van der Waals surface area (Å²) < 4.78 is 47.4. The molecular formula is C24H26BrF3N2O7. The van der Waals surface area contributed by atoms with Crippen molar-refractivity contribution in [2.45, 2.75) is 57.3 Å². The number of aliphatic carboxylic acids is 1. The molecule has 2 amide bonds. The number of rotatable bonds is 9. The smallest absolute Gasteiger partial charge is 0.479 e. The highest BCUT2D eigenvalue weighted by Crippen LogP contribution is 2.26. The molecule has 0 aliphatic heterocycles. The van der Waals surface area contributed by atoms with Gasteiger partial charge in [-0.25, -0.2) is 9.59 Å². The van der Waals surface area contributed by atoms with Gasteiger partial charge < -0.3 is 30.3 Å². The van der Waals surface area contributed by atoms with Crippen LogP contribution in [-0.4, -0.2) is 52.3 Å². The summed E-state index contributed by atoms with van der Waals surface area (Å²) >= 11 is 3.29. The number of alkyl halides is 3. The predicted molar refractivity (Wildman–Crippen MR) is 129 cm³/mol. The van der Waals surface area contributed by atoms with Gasteiger partial charge >= 0.3 is 18.4 Å². The molecule has 9 nitrogen and oxygen atoms in total. The maximum absolute atomic E-state index is 12.9. The van der Waals surface area contributed by atoms with Gasteiger partial charge in [-0.1, -0.05) is 40.2 Å². The van der Waals surface area contributed by atoms with Crippen LogP contribution in [0.3, 0.4) is 0 Å². The van der Waals surface area contributed by atoms with E-state index >= 15 is 0 Å². The second-order valence-electron chi connectivity index (χ2n) is 8.93. The van der Waals surface area contributed by atoms with Crippen molar-refractivity contribution in [3.8, 4) is 5.75 Å². The molecule has 0 aromatic heterocycles. The number of hydrogen-bond acceptors (Lipinski definition) is 6. The van der Waals surface area contributed by atoms with Crippen LogP contribution in [0.2, 0.25) is 0 Å². The number of carbonyl (C=O) groups excluding carboxylic acids is 2. The zero-order valence-corrected chi connectivity index (χ0v) is 21.6. The van der Waals surface area contributed by atoms with E-state index < -0.39 is 53.9 Å². The average molecular weight is 591 g/mol. The highest BCUT2D eigenvalue weighted by Gasteiger charge is 2.34. The van der Waals surface area contributed by atoms with E-state index in [9.17, 15) is 37.8 Å². The minimum atomic E-state index is -5.01. The van der Waals surface area contributed by atoms with Gasteiger partial charge in [-0.2, -0.15) is 0 Å². The molecule has 2 aromatic rings. The molecule has 0 unspecified atom stereocenters. The average Bonchev–Trinajstić information content (AvgIpc) is 2.75. The van der Waals surface area contributed by atoms with Crippen LogP contribution in [0.4, 0.5) is 18.0 Å². The van der Waals surface area contributed by atoms with Crippen LogP contribution >= 0.6 is 15.9 Å². The lowest BCUT2D eigenvalue weighted by atomic mass is 9.99. The molecule has 0 bridgehead atoms. The van der Waals surface area contributed by atoms with E-state index in [0.29, 0.717) is 5.56 Å². The second kappa shape index (κ2) is 12.3. The minimum Gasteiger partial charge on any atom is -0.479 e. The Kier molecular flexibility index (Phi) is 9.93. The summed E-state index contributed by atoms with van der Waals surface area (Å²) in [5, 5.41) is 24.9. The third kappa shape index (κ3) is 10.3. The van der Waals surface area contributed by atoms with Gasteiger partial charge in [-0.3, -0.25) is 4.79 Å². The Morgan fingerprint density at radius 3 is 2.19 bits per heavy atom. The monoisotopic (exact) mass is 590 g/mol. The fourth-order valence-electron chi connectivity index (χ4n) is 3.16. The molecule has 0 saturated heterocycles. The Morgan fingerprint density at radius 1 is 1.03 bits per heavy atom. The summed E-state index contributed by atoms with van der Waals surface area (Å²) in [6.07, 6.45) is -7.92. The summed E-state index contributed by atoms with van der Waals surface area (Å²) in [4.78, 5) is 37.1. The molecule has 202 valence electrons. The Hall–Kier alpha value is -3.32. The van der Waals surface area contributed by atoms with Crippen LogP contribution in [0.25, 0.3) is 0 Å². The number of halogens is 4. The lowest BCUT2D eigenvalue weighted by molar-refractivity contribution is -0.274. The number of hydrogen-bond donors (Lipinski definition) is 4. The van der Waals surface area contributed by atoms with Crippen molar-refractivity contribution >= 4 is 33.9 Å². The van der Waals surface area contributed by atoms with E-state index in [1.165, 1.54) is 6.07 Å². The number of benzene rings is 2. The Labute approximate surface area is 219 Å². The highest BCUT2D eigenvalue weighted by atomic mass is 79.9. The van der Waals surface area contributed by atoms with Crippen LogP contribution in [0, 0.1) is 0 Å². The number of aliphatic hydroxyl groups is 1. The first kappa shape index (κ1) is 29.9. The molecule has 0 fully saturated rings. The Bertz CT molecular complexity index is 1100. The normalized spacial score (nSPS) is 14.2. The van der Waals surface area contributed by atoms with Crippen LogP contribution in [0.15, 0.2) is 53.0 Å². The quantitative estimate of drug-likeness (QED) is 0.345. The van der Waals surface area contributed by atoms with Crippen molar-refractivity contribution < 1.29 is 47.2 Å². The highest BCUT2D eigenvalue weighted by molar-refractivity contribution is 9.10. The van der Waals surface area contributed by atoms with Gasteiger partial charge in [0.2, 0.25) is 0 Å². The van der Waals surface area contributed by atoms with Crippen LogP contribution in [-0.2, 0) is 20.7 Å². The van der Waals surface area contributed by atoms with E-state index in [1.54, 1.807) is 45.0 Å². The van der Waals surface area contributed by atoms with Gasteiger partial charge in [0.1, 0.15) is 11.4 Å². The van der Waals surface area contributed by atoms with Crippen LogP contribution in [0.1, 0.15) is 37.9 Å². The number of carboxylic acids is 1. The van der Waals surface area contributed by atoms with Gasteiger partial charge in [-0.05, 0) is 62.6 Å². The molecule has 0 spiro atoms. The summed E-state index contributed by atoms with van der Waals surface area (Å²) in [5.41, 5.74) is -0.487. The lowest BCUT2D eigenvalue weighted by Crippen LogP contribution is -2.53.